The van der Waals surface area contributed by atoms with Crippen molar-refractivity contribution in [3.8, 4) is 0 Å². The van der Waals surface area contributed by atoms with Gasteiger partial charge in [0.2, 0.25) is 0 Å². The van der Waals surface area contributed by atoms with Crippen molar-refractivity contribution >= 4 is 28.3 Å². The molecule has 138 valence electrons. The number of anilines is 2. The lowest BCUT2D eigenvalue weighted by Crippen LogP contribution is -2.37. The van der Waals surface area contributed by atoms with Crippen LogP contribution >= 0.6 is 0 Å². The molecule has 4 rings (SSSR count). The van der Waals surface area contributed by atoms with E-state index in [0.29, 0.717) is 18.8 Å². The number of ether oxygens (including phenoxy) is 1. The second kappa shape index (κ2) is 7.76. The first kappa shape index (κ1) is 17.5. The summed E-state index contributed by atoms with van der Waals surface area (Å²) in [5.41, 5.74) is 3.46. The molecule has 5 heteroatoms. The molecule has 1 fully saturated rings. The SMILES string of the molecule is CCc1ccccc1NC(=O)c1cc(N2CCOCC2)nc2ccccc12. The van der Waals surface area contributed by atoms with Crippen LogP contribution in [0.2, 0.25) is 0 Å². The monoisotopic (exact) mass is 361 g/mol. The number of benzene rings is 2. The summed E-state index contributed by atoms with van der Waals surface area (Å²) in [7, 11) is 0. The molecule has 27 heavy (non-hydrogen) atoms. The van der Waals surface area contributed by atoms with Gasteiger partial charge in [-0.2, -0.15) is 0 Å². The third-order valence-corrected chi connectivity index (χ3v) is 4.93. The van der Waals surface area contributed by atoms with Gasteiger partial charge in [-0.3, -0.25) is 4.79 Å². The van der Waals surface area contributed by atoms with Gasteiger partial charge in [-0.15, -0.1) is 0 Å². The molecule has 2 aromatic carbocycles. The van der Waals surface area contributed by atoms with Crippen molar-refractivity contribution in [1.82, 2.24) is 4.98 Å². The quantitative estimate of drug-likeness (QED) is 0.766. The van der Waals surface area contributed by atoms with Crippen molar-refractivity contribution in [1.29, 1.82) is 0 Å². The summed E-state index contributed by atoms with van der Waals surface area (Å²) < 4.78 is 5.44. The molecule has 1 aliphatic rings. The Balaban J connectivity index is 1.73. The van der Waals surface area contributed by atoms with E-state index in [9.17, 15) is 4.79 Å². The highest BCUT2D eigenvalue weighted by atomic mass is 16.5. The van der Waals surface area contributed by atoms with E-state index in [-0.39, 0.29) is 5.91 Å². The van der Waals surface area contributed by atoms with Crippen LogP contribution in [0, 0.1) is 0 Å². The fourth-order valence-electron chi connectivity index (χ4n) is 3.44. The fourth-order valence-corrected chi connectivity index (χ4v) is 3.44. The Morgan fingerprint density at radius 1 is 1.11 bits per heavy atom. The van der Waals surface area contributed by atoms with Gasteiger partial charge in [0.25, 0.3) is 5.91 Å². The summed E-state index contributed by atoms with van der Waals surface area (Å²) in [5, 5.41) is 3.95. The maximum atomic E-state index is 13.1. The highest BCUT2D eigenvalue weighted by Gasteiger charge is 2.18. The number of carbonyl (C=O) groups is 1. The summed E-state index contributed by atoms with van der Waals surface area (Å²) in [6, 6.07) is 17.6. The van der Waals surface area contributed by atoms with Crippen molar-refractivity contribution in [2.45, 2.75) is 13.3 Å². The third kappa shape index (κ3) is 3.64. The van der Waals surface area contributed by atoms with Crippen molar-refractivity contribution in [3.63, 3.8) is 0 Å². The molecule has 1 amide bonds. The molecule has 1 aromatic heterocycles. The number of pyridine rings is 1. The summed E-state index contributed by atoms with van der Waals surface area (Å²) in [6.07, 6.45) is 0.868. The molecule has 0 bridgehead atoms. The van der Waals surface area contributed by atoms with Gasteiger partial charge in [0.05, 0.1) is 24.3 Å². The molecule has 1 N–H and O–H groups in total. The zero-order valence-electron chi connectivity index (χ0n) is 15.4. The first-order valence-electron chi connectivity index (χ1n) is 9.38. The average molecular weight is 361 g/mol. The number of nitrogens with zero attached hydrogens (tertiary/aromatic N) is 2. The van der Waals surface area contributed by atoms with Gasteiger partial charge in [0.1, 0.15) is 5.82 Å². The lowest BCUT2D eigenvalue weighted by atomic mass is 10.1. The summed E-state index contributed by atoms with van der Waals surface area (Å²) in [6.45, 7) is 5.01. The normalized spacial score (nSPS) is 14.3. The van der Waals surface area contributed by atoms with E-state index in [0.717, 1.165) is 47.5 Å². The molecule has 0 atom stereocenters. The number of hydrogen-bond acceptors (Lipinski definition) is 4. The molecule has 1 saturated heterocycles. The first-order chi connectivity index (χ1) is 13.3. The minimum atomic E-state index is -0.107. The number of morpholine rings is 1. The molecule has 0 unspecified atom stereocenters. The molecule has 0 aliphatic carbocycles. The van der Waals surface area contributed by atoms with Gasteiger partial charge in [0.15, 0.2) is 0 Å². The van der Waals surface area contributed by atoms with Crippen LogP contribution in [0.5, 0.6) is 0 Å². The smallest absolute Gasteiger partial charge is 0.256 e. The van der Waals surface area contributed by atoms with Crippen LogP contribution in [-0.2, 0) is 11.2 Å². The van der Waals surface area contributed by atoms with Crippen LogP contribution < -0.4 is 10.2 Å². The van der Waals surface area contributed by atoms with Crippen molar-refractivity contribution in [3.05, 3.63) is 65.7 Å². The van der Waals surface area contributed by atoms with Gasteiger partial charge in [0, 0.05) is 24.2 Å². The second-order valence-corrected chi connectivity index (χ2v) is 6.61. The Labute approximate surface area is 159 Å². The zero-order chi connectivity index (χ0) is 18.6. The van der Waals surface area contributed by atoms with Gasteiger partial charge < -0.3 is 15.0 Å². The van der Waals surface area contributed by atoms with Gasteiger partial charge in [-0.25, -0.2) is 4.98 Å². The number of aryl methyl sites for hydroxylation is 1. The van der Waals surface area contributed by atoms with E-state index >= 15 is 0 Å². The first-order valence-corrected chi connectivity index (χ1v) is 9.38. The van der Waals surface area contributed by atoms with Crippen LogP contribution in [0.3, 0.4) is 0 Å². The number of aromatic nitrogens is 1. The van der Waals surface area contributed by atoms with Crippen LogP contribution in [0.4, 0.5) is 11.5 Å². The molecule has 5 nitrogen and oxygen atoms in total. The van der Waals surface area contributed by atoms with Gasteiger partial charge >= 0.3 is 0 Å². The molecular formula is C22H23N3O2. The largest absolute Gasteiger partial charge is 0.378 e. The predicted octanol–water partition coefficient (Wildman–Crippen LogP) is 3.89. The average Bonchev–Trinajstić information content (AvgIpc) is 2.74. The van der Waals surface area contributed by atoms with Crippen LogP contribution in [0.25, 0.3) is 10.9 Å². The van der Waals surface area contributed by atoms with E-state index < -0.39 is 0 Å². The standard InChI is InChI=1S/C22H23N3O2/c1-2-16-7-3-5-9-19(16)24-22(26)18-15-21(25-11-13-27-14-12-25)23-20-10-6-4-8-17(18)20/h3-10,15H,2,11-14H2,1H3,(H,24,26). The Morgan fingerprint density at radius 3 is 2.67 bits per heavy atom. The minimum Gasteiger partial charge on any atom is -0.378 e. The van der Waals surface area contributed by atoms with E-state index in [1.54, 1.807) is 0 Å². The summed E-state index contributed by atoms with van der Waals surface area (Å²) in [4.78, 5) is 20.1. The van der Waals surface area contributed by atoms with Gasteiger partial charge in [-0.05, 0) is 30.2 Å². The van der Waals surface area contributed by atoms with E-state index in [1.165, 1.54) is 0 Å². The Kier molecular flexibility index (Phi) is 5.03. The Bertz CT molecular complexity index is 965. The second-order valence-electron chi connectivity index (χ2n) is 6.61. The number of carbonyl (C=O) groups excluding carboxylic acids is 1. The van der Waals surface area contributed by atoms with Crippen molar-refractivity contribution in [2.24, 2.45) is 0 Å². The number of fused-ring (bicyclic) bond motifs is 1. The minimum absolute atomic E-state index is 0.107. The highest BCUT2D eigenvalue weighted by Crippen LogP contribution is 2.25. The van der Waals surface area contributed by atoms with Gasteiger partial charge in [-0.1, -0.05) is 43.3 Å². The molecule has 0 spiro atoms. The maximum absolute atomic E-state index is 13.1. The van der Waals surface area contributed by atoms with E-state index in [1.807, 2.05) is 54.6 Å². The zero-order valence-corrected chi connectivity index (χ0v) is 15.4. The van der Waals surface area contributed by atoms with Crippen LogP contribution in [0.15, 0.2) is 54.6 Å². The summed E-state index contributed by atoms with van der Waals surface area (Å²) in [5.74, 6) is 0.718. The lowest BCUT2D eigenvalue weighted by Gasteiger charge is -2.28. The molecule has 0 saturated carbocycles. The number of para-hydroxylation sites is 2. The Morgan fingerprint density at radius 2 is 1.85 bits per heavy atom. The highest BCUT2D eigenvalue weighted by molar-refractivity contribution is 6.13. The number of nitrogens with one attached hydrogen (secondary N) is 1. The molecule has 1 aliphatic heterocycles. The maximum Gasteiger partial charge on any atom is 0.256 e. The fraction of sp³-hybridized carbons (Fsp3) is 0.273. The number of rotatable bonds is 4. The number of amides is 1. The van der Waals surface area contributed by atoms with Crippen molar-refractivity contribution in [2.75, 3.05) is 36.5 Å². The van der Waals surface area contributed by atoms with E-state index in [2.05, 4.69) is 17.1 Å². The molecule has 0 radical (unpaired) electrons. The number of hydrogen-bond donors (Lipinski definition) is 1. The molecular weight excluding hydrogens is 338 g/mol. The third-order valence-electron chi connectivity index (χ3n) is 4.93. The van der Waals surface area contributed by atoms with Crippen LogP contribution in [-0.4, -0.2) is 37.2 Å². The lowest BCUT2D eigenvalue weighted by molar-refractivity contribution is 0.102. The summed E-state index contributed by atoms with van der Waals surface area (Å²) >= 11 is 0. The topological polar surface area (TPSA) is 54.5 Å². The van der Waals surface area contributed by atoms with E-state index in [4.69, 9.17) is 9.72 Å². The van der Waals surface area contributed by atoms with Crippen LogP contribution in [0.1, 0.15) is 22.8 Å². The predicted molar refractivity (Wildman–Crippen MR) is 109 cm³/mol. The van der Waals surface area contributed by atoms with Crippen molar-refractivity contribution < 1.29 is 9.53 Å². The molecule has 2 heterocycles. The molecule has 3 aromatic rings. The Hall–Kier alpha value is -2.92.